The molecular formula is C22H24N4O4. The van der Waals surface area contributed by atoms with Crippen LogP contribution in [0.15, 0.2) is 53.1 Å². The standard InChI is InChI=1S/C22H24N4O4/c1-3-4-8-21-25-22(26-30-21)16-9-11-19(12-10-16)29-14-20(28)24-18-7-5-6-17(13-18)23-15(2)27/h5-7,9-13H,3-4,8,14H2,1-2H3,(H,23,27)(H,24,28). The molecule has 0 unspecified atom stereocenters. The van der Waals surface area contributed by atoms with E-state index in [9.17, 15) is 9.59 Å². The Balaban J connectivity index is 1.51. The average molecular weight is 408 g/mol. The third kappa shape index (κ3) is 6.16. The Morgan fingerprint density at radius 2 is 1.80 bits per heavy atom. The first-order valence-electron chi connectivity index (χ1n) is 9.77. The summed E-state index contributed by atoms with van der Waals surface area (Å²) in [6, 6.07) is 14.0. The summed E-state index contributed by atoms with van der Waals surface area (Å²) >= 11 is 0. The van der Waals surface area contributed by atoms with Gasteiger partial charge in [-0.1, -0.05) is 24.6 Å². The lowest BCUT2D eigenvalue weighted by Crippen LogP contribution is -2.20. The highest BCUT2D eigenvalue weighted by molar-refractivity contribution is 5.94. The van der Waals surface area contributed by atoms with E-state index >= 15 is 0 Å². The van der Waals surface area contributed by atoms with Gasteiger partial charge in [0.2, 0.25) is 17.6 Å². The van der Waals surface area contributed by atoms with Gasteiger partial charge in [-0.05, 0) is 48.9 Å². The minimum absolute atomic E-state index is 0.146. The molecule has 0 aliphatic heterocycles. The van der Waals surface area contributed by atoms with Crippen molar-refractivity contribution in [2.45, 2.75) is 33.1 Å². The van der Waals surface area contributed by atoms with E-state index in [-0.39, 0.29) is 18.4 Å². The van der Waals surface area contributed by atoms with Crippen LogP contribution in [0.3, 0.4) is 0 Å². The number of hydrogen-bond acceptors (Lipinski definition) is 6. The van der Waals surface area contributed by atoms with Gasteiger partial charge in [-0.25, -0.2) is 0 Å². The number of anilines is 2. The summed E-state index contributed by atoms with van der Waals surface area (Å²) in [6.45, 7) is 3.39. The fourth-order valence-electron chi connectivity index (χ4n) is 2.73. The molecule has 0 radical (unpaired) electrons. The monoisotopic (exact) mass is 408 g/mol. The average Bonchev–Trinajstić information content (AvgIpc) is 3.20. The van der Waals surface area contributed by atoms with Crippen LogP contribution in [0.1, 0.15) is 32.6 Å². The van der Waals surface area contributed by atoms with Crippen molar-refractivity contribution in [3.8, 4) is 17.1 Å². The van der Waals surface area contributed by atoms with Crippen molar-refractivity contribution in [2.24, 2.45) is 0 Å². The minimum Gasteiger partial charge on any atom is -0.484 e. The molecule has 0 spiro atoms. The van der Waals surface area contributed by atoms with Gasteiger partial charge < -0.3 is 19.9 Å². The number of nitrogens with zero attached hydrogens (tertiary/aromatic N) is 2. The molecule has 2 amide bonds. The molecule has 2 aromatic carbocycles. The fourth-order valence-corrected chi connectivity index (χ4v) is 2.73. The maximum Gasteiger partial charge on any atom is 0.262 e. The molecule has 3 rings (SSSR count). The summed E-state index contributed by atoms with van der Waals surface area (Å²) in [6.07, 6.45) is 2.85. The summed E-state index contributed by atoms with van der Waals surface area (Å²) in [5, 5.41) is 9.40. The van der Waals surface area contributed by atoms with E-state index in [0.717, 1.165) is 24.8 Å². The molecule has 0 saturated carbocycles. The lowest BCUT2D eigenvalue weighted by molar-refractivity contribution is -0.118. The first kappa shape index (κ1) is 21.0. The maximum atomic E-state index is 12.1. The predicted molar refractivity (Wildman–Crippen MR) is 113 cm³/mol. The Labute approximate surface area is 174 Å². The highest BCUT2D eigenvalue weighted by Gasteiger charge is 2.09. The van der Waals surface area contributed by atoms with E-state index in [1.165, 1.54) is 6.92 Å². The number of unbranched alkanes of at least 4 members (excludes halogenated alkanes) is 1. The lowest BCUT2D eigenvalue weighted by Gasteiger charge is -2.09. The number of aryl methyl sites for hydroxylation is 1. The molecule has 30 heavy (non-hydrogen) atoms. The zero-order valence-electron chi connectivity index (χ0n) is 17.0. The summed E-state index contributed by atoms with van der Waals surface area (Å²) in [4.78, 5) is 27.7. The van der Waals surface area contributed by atoms with Gasteiger partial charge in [-0.3, -0.25) is 9.59 Å². The largest absolute Gasteiger partial charge is 0.484 e. The molecule has 1 heterocycles. The number of carbonyl (C=O) groups is 2. The van der Waals surface area contributed by atoms with E-state index in [1.54, 1.807) is 36.4 Å². The van der Waals surface area contributed by atoms with Gasteiger partial charge in [0.25, 0.3) is 5.91 Å². The fraction of sp³-hybridized carbons (Fsp3) is 0.273. The van der Waals surface area contributed by atoms with Crippen molar-refractivity contribution >= 4 is 23.2 Å². The van der Waals surface area contributed by atoms with Gasteiger partial charge >= 0.3 is 0 Å². The number of benzene rings is 2. The number of ether oxygens (including phenoxy) is 1. The van der Waals surface area contributed by atoms with Crippen molar-refractivity contribution < 1.29 is 18.8 Å². The van der Waals surface area contributed by atoms with Gasteiger partial charge in [0.15, 0.2) is 6.61 Å². The van der Waals surface area contributed by atoms with Crippen molar-refractivity contribution in [1.82, 2.24) is 10.1 Å². The van der Waals surface area contributed by atoms with Crippen LogP contribution < -0.4 is 15.4 Å². The van der Waals surface area contributed by atoms with Gasteiger partial charge in [0.1, 0.15) is 5.75 Å². The topological polar surface area (TPSA) is 106 Å². The highest BCUT2D eigenvalue weighted by Crippen LogP contribution is 2.21. The Kier molecular flexibility index (Phi) is 7.15. The zero-order chi connectivity index (χ0) is 21.3. The van der Waals surface area contributed by atoms with Gasteiger partial charge in [-0.2, -0.15) is 4.98 Å². The molecule has 0 atom stereocenters. The normalized spacial score (nSPS) is 10.5. The zero-order valence-corrected chi connectivity index (χ0v) is 17.0. The maximum absolute atomic E-state index is 12.1. The van der Waals surface area contributed by atoms with Crippen molar-refractivity contribution in [2.75, 3.05) is 17.2 Å². The molecule has 8 nitrogen and oxygen atoms in total. The molecule has 0 aliphatic carbocycles. The molecule has 3 aromatic rings. The van der Waals surface area contributed by atoms with Crippen LogP contribution in [-0.4, -0.2) is 28.6 Å². The van der Waals surface area contributed by atoms with E-state index in [0.29, 0.717) is 28.8 Å². The highest BCUT2D eigenvalue weighted by atomic mass is 16.5. The summed E-state index contributed by atoms with van der Waals surface area (Å²) in [7, 11) is 0. The third-order valence-corrected chi connectivity index (χ3v) is 4.16. The molecular weight excluding hydrogens is 384 g/mol. The van der Waals surface area contributed by atoms with Crippen LogP contribution in [0.5, 0.6) is 5.75 Å². The second-order valence-corrected chi connectivity index (χ2v) is 6.74. The first-order chi connectivity index (χ1) is 14.5. The SMILES string of the molecule is CCCCc1nc(-c2ccc(OCC(=O)Nc3cccc(NC(C)=O)c3)cc2)no1. The van der Waals surface area contributed by atoms with Crippen LogP contribution in [-0.2, 0) is 16.0 Å². The smallest absolute Gasteiger partial charge is 0.262 e. The molecule has 0 fully saturated rings. The first-order valence-corrected chi connectivity index (χ1v) is 9.77. The molecule has 8 heteroatoms. The van der Waals surface area contributed by atoms with E-state index in [1.807, 2.05) is 12.1 Å². The van der Waals surface area contributed by atoms with Crippen LogP contribution in [0, 0.1) is 0 Å². The van der Waals surface area contributed by atoms with Gasteiger partial charge in [0.05, 0.1) is 0 Å². The number of carbonyl (C=O) groups excluding carboxylic acids is 2. The van der Waals surface area contributed by atoms with Crippen molar-refractivity contribution in [3.05, 3.63) is 54.4 Å². The Bertz CT molecular complexity index is 998. The Morgan fingerprint density at radius 3 is 2.50 bits per heavy atom. The summed E-state index contributed by atoms with van der Waals surface area (Å²) in [5.74, 6) is 1.23. The molecule has 0 bridgehead atoms. The predicted octanol–water partition coefficient (Wildman–Crippen LogP) is 4.06. The van der Waals surface area contributed by atoms with Gasteiger partial charge in [-0.15, -0.1) is 0 Å². The second-order valence-electron chi connectivity index (χ2n) is 6.74. The number of amides is 2. The summed E-state index contributed by atoms with van der Waals surface area (Å²) < 4.78 is 10.8. The minimum atomic E-state index is -0.308. The molecule has 0 saturated heterocycles. The summed E-state index contributed by atoms with van der Waals surface area (Å²) in [5.41, 5.74) is 1.99. The van der Waals surface area contributed by atoms with Crippen LogP contribution in [0.25, 0.3) is 11.4 Å². The second kappa shape index (κ2) is 10.2. The third-order valence-electron chi connectivity index (χ3n) is 4.16. The quantitative estimate of drug-likeness (QED) is 0.553. The van der Waals surface area contributed by atoms with E-state index < -0.39 is 0 Å². The van der Waals surface area contributed by atoms with E-state index in [4.69, 9.17) is 9.26 Å². The van der Waals surface area contributed by atoms with Crippen molar-refractivity contribution in [3.63, 3.8) is 0 Å². The van der Waals surface area contributed by atoms with Gasteiger partial charge in [0, 0.05) is 30.3 Å². The van der Waals surface area contributed by atoms with Crippen LogP contribution in [0.4, 0.5) is 11.4 Å². The molecule has 1 aromatic heterocycles. The number of rotatable bonds is 9. The van der Waals surface area contributed by atoms with Crippen LogP contribution >= 0.6 is 0 Å². The van der Waals surface area contributed by atoms with Crippen molar-refractivity contribution in [1.29, 1.82) is 0 Å². The molecule has 0 aliphatic rings. The Hall–Kier alpha value is -3.68. The number of hydrogen-bond donors (Lipinski definition) is 2. The molecule has 2 N–H and O–H groups in total. The number of nitrogens with one attached hydrogen (secondary N) is 2. The number of aromatic nitrogens is 2. The van der Waals surface area contributed by atoms with Crippen LogP contribution in [0.2, 0.25) is 0 Å². The Morgan fingerprint density at radius 1 is 1.07 bits per heavy atom. The molecule has 156 valence electrons. The van der Waals surface area contributed by atoms with E-state index in [2.05, 4.69) is 27.7 Å². The lowest BCUT2D eigenvalue weighted by atomic mass is 10.2.